The smallest absolute Gasteiger partial charge is 0.261 e. The van der Waals surface area contributed by atoms with Gasteiger partial charge in [-0.3, -0.25) is 4.79 Å². The normalized spacial score (nSPS) is 11.1. The topological polar surface area (TPSA) is 67.6 Å². The molecule has 2 heterocycles. The molecular weight excluding hydrogens is 458 g/mol. The van der Waals surface area contributed by atoms with Gasteiger partial charge in [0.05, 0.1) is 22.9 Å². The molecule has 0 bridgehead atoms. The highest BCUT2D eigenvalue weighted by atomic mass is 35.5. The Morgan fingerprint density at radius 3 is 2.52 bits per heavy atom. The predicted molar refractivity (Wildman–Crippen MR) is 132 cm³/mol. The largest absolute Gasteiger partial charge is 0.497 e. The lowest BCUT2D eigenvalue weighted by Gasteiger charge is -2.16. The maximum Gasteiger partial charge on any atom is 0.261 e. The van der Waals surface area contributed by atoms with Crippen LogP contribution in [0.4, 0.5) is 0 Å². The molecule has 6 nitrogen and oxygen atoms in total. The number of ether oxygens (including phenoxy) is 1. The predicted octanol–water partition coefficient (Wildman–Crippen LogP) is 5.72. The molecule has 33 heavy (non-hydrogen) atoms. The molecule has 0 aliphatic carbocycles. The Morgan fingerprint density at radius 1 is 1.09 bits per heavy atom. The molecule has 0 aliphatic heterocycles. The van der Waals surface area contributed by atoms with E-state index < -0.39 is 0 Å². The van der Waals surface area contributed by atoms with Crippen molar-refractivity contribution in [2.75, 3.05) is 21.2 Å². The van der Waals surface area contributed by atoms with Gasteiger partial charge in [-0.05, 0) is 55.1 Å². The average Bonchev–Trinajstić information content (AvgIpc) is 3.46. The van der Waals surface area contributed by atoms with Crippen molar-refractivity contribution in [3.8, 4) is 28.1 Å². The maximum absolute atomic E-state index is 12.2. The molecule has 4 rings (SSSR count). The number of halogens is 1. The summed E-state index contributed by atoms with van der Waals surface area (Å²) < 4.78 is 11.4. The van der Waals surface area contributed by atoms with Gasteiger partial charge < -0.3 is 19.5 Å². The number of thiophene rings is 1. The molecule has 0 spiro atoms. The molecule has 0 unspecified atom stereocenters. The fourth-order valence-electron chi connectivity index (χ4n) is 3.49. The number of benzene rings is 2. The highest BCUT2D eigenvalue weighted by molar-refractivity contribution is 7.17. The van der Waals surface area contributed by atoms with Crippen LogP contribution >= 0.6 is 22.9 Å². The maximum atomic E-state index is 12.2. The van der Waals surface area contributed by atoms with Crippen molar-refractivity contribution in [3.05, 3.63) is 81.2 Å². The summed E-state index contributed by atoms with van der Waals surface area (Å²) in [6.07, 6.45) is 0. The zero-order valence-electron chi connectivity index (χ0n) is 18.6. The first kappa shape index (κ1) is 23.0. The van der Waals surface area contributed by atoms with Crippen LogP contribution in [0.3, 0.4) is 0 Å². The molecule has 1 N–H and O–H groups in total. The molecule has 0 aliphatic rings. The van der Waals surface area contributed by atoms with Crippen LogP contribution in [0, 0.1) is 0 Å². The van der Waals surface area contributed by atoms with E-state index >= 15 is 0 Å². The van der Waals surface area contributed by atoms with Gasteiger partial charge in [-0.2, -0.15) is 0 Å². The van der Waals surface area contributed by atoms with Gasteiger partial charge in [-0.25, -0.2) is 0 Å². The van der Waals surface area contributed by atoms with E-state index in [2.05, 4.69) is 39.6 Å². The van der Waals surface area contributed by atoms with Gasteiger partial charge in [-0.15, -0.1) is 11.3 Å². The lowest BCUT2D eigenvalue weighted by atomic mass is 9.97. The van der Waals surface area contributed by atoms with Gasteiger partial charge in [0.15, 0.2) is 5.76 Å². The number of nitrogens with zero attached hydrogens (tertiary/aromatic N) is 2. The van der Waals surface area contributed by atoms with Crippen LogP contribution < -0.4 is 10.1 Å². The van der Waals surface area contributed by atoms with E-state index in [1.54, 1.807) is 19.2 Å². The second-order valence-corrected chi connectivity index (χ2v) is 9.52. The fourth-order valence-corrected chi connectivity index (χ4v) is 4.45. The summed E-state index contributed by atoms with van der Waals surface area (Å²) >= 11 is 7.13. The minimum Gasteiger partial charge on any atom is -0.497 e. The van der Waals surface area contributed by atoms with Gasteiger partial charge in [0.1, 0.15) is 11.4 Å². The first-order valence-electron chi connectivity index (χ1n) is 10.3. The Hall–Kier alpha value is -3.13. The van der Waals surface area contributed by atoms with Crippen molar-refractivity contribution < 1.29 is 14.1 Å². The second-order valence-electron chi connectivity index (χ2n) is 7.80. The molecule has 0 radical (unpaired) electrons. The van der Waals surface area contributed by atoms with Crippen molar-refractivity contribution in [2.45, 2.75) is 13.1 Å². The lowest BCUT2D eigenvalue weighted by molar-refractivity contribution is 0.0951. The summed E-state index contributed by atoms with van der Waals surface area (Å²) in [5.41, 5.74) is 5.12. The van der Waals surface area contributed by atoms with Crippen LogP contribution in [-0.4, -0.2) is 37.2 Å². The molecule has 2 aromatic heterocycles. The average molecular weight is 482 g/mol. The number of amides is 1. The number of aromatic nitrogens is 1. The summed E-state index contributed by atoms with van der Waals surface area (Å²) in [5, 5.41) is 6.98. The zero-order chi connectivity index (χ0) is 23.4. The molecule has 0 saturated carbocycles. The number of hydrogen-bond donors (Lipinski definition) is 1. The number of methoxy groups -OCH3 is 1. The van der Waals surface area contributed by atoms with Crippen LogP contribution in [0.2, 0.25) is 4.34 Å². The van der Waals surface area contributed by atoms with E-state index in [-0.39, 0.29) is 12.5 Å². The number of rotatable bonds is 8. The van der Waals surface area contributed by atoms with Crippen LogP contribution in [0.25, 0.3) is 22.4 Å². The Morgan fingerprint density at radius 2 is 1.85 bits per heavy atom. The Kier molecular flexibility index (Phi) is 7.13. The van der Waals surface area contributed by atoms with Gasteiger partial charge in [-0.1, -0.05) is 47.1 Å². The molecule has 4 aromatic rings. The molecule has 2 aromatic carbocycles. The van der Waals surface area contributed by atoms with Crippen LogP contribution in [0.5, 0.6) is 5.75 Å². The van der Waals surface area contributed by atoms with Crippen molar-refractivity contribution in [2.24, 2.45) is 0 Å². The van der Waals surface area contributed by atoms with Crippen LogP contribution in [-0.2, 0) is 13.1 Å². The van der Waals surface area contributed by atoms with Gasteiger partial charge >= 0.3 is 0 Å². The lowest BCUT2D eigenvalue weighted by Crippen LogP contribution is -2.21. The summed E-state index contributed by atoms with van der Waals surface area (Å²) in [7, 11) is 5.78. The van der Waals surface area contributed by atoms with E-state index in [1.165, 1.54) is 16.9 Å². The molecular formula is C25H24ClN3O3S. The van der Waals surface area contributed by atoms with Crippen molar-refractivity contribution >= 4 is 28.8 Å². The van der Waals surface area contributed by atoms with E-state index in [1.807, 2.05) is 38.4 Å². The molecule has 170 valence electrons. The van der Waals surface area contributed by atoms with E-state index in [0.29, 0.717) is 20.7 Å². The monoisotopic (exact) mass is 481 g/mol. The van der Waals surface area contributed by atoms with E-state index in [9.17, 15) is 4.79 Å². The molecule has 0 saturated heterocycles. The van der Waals surface area contributed by atoms with Crippen LogP contribution in [0.1, 0.15) is 21.0 Å². The fraction of sp³-hybridized carbons (Fsp3) is 0.200. The van der Waals surface area contributed by atoms with Gasteiger partial charge in [0.25, 0.3) is 5.91 Å². The third kappa shape index (κ3) is 5.63. The van der Waals surface area contributed by atoms with Crippen molar-refractivity contribution in [1.82, 2.24) is 15.4 Å². The van der Waals surface area contributed by atoms with E-state index in [4.69, 9.17) is 20.9 Å². The van der Waals surface area contributed by atoms with E-state index in [0.717, 1.165) is 29.0 Å². The summed E-state index contributed by atoms with van der Waals surface area (Å²) in [5.74, 6) is 1.23. The van der Waals surface area contributed by atoms with Crippen molar-refractivity contribution in [1.29, 1.82) is 0 Å². The van der Waals surface area contributed by atoms with Gasteiger partial charge in [0.2, 0.25) is 0 Å². The summed E-state index contributed by atoms with van der Waals surface area (Å²) in [6, 6.07) is 19.6. The minimum absolute atomic E-state index is 0.192. The van der Waals surface area contributed by atoms with Gasteiger partial charge in [0, 0.05) is 18.2 Å². The van der Waals surface area contributed by atoms with Crippen molar-refractivity contribution in [3.63, 3.8) is 0 Å². The summed E-state index contributed by atoms with van der Waals surface area (Å²) in [6.45, 7) is 1.06. The highest BCUT2D eigenvalue weighted by Gasteiger charge is 2.13. The Balaban J connectivity index is 1.47. The Labute approximate surface area is 201 Å². The standard InChI is InChI=1S/C25H24ClN3O3S/c1-29(2)15-18-12-19(31-3)8-9-21(18)16-4-6-17(7-5-16)22-13-20(32-28-22)14-27-25(30)23-10-11-24(26)33-23/h4-13H,14-15H2,1-3H3,(H,27,30). The zero-order valence-corrected chi connectivity index (χ0v) is 20.2. The third-order valence-electron chi connectivity index (χ3n) is 5.07. The molecule has 1 amide bonds. The number of nitrogens with one attached hydrogen (secondary N) is 1. The quantitative estimate of drug-likeness (QED) is 0.348. The third-order valence-corrected chi connectivity index (χ3v) is 6.30. The second kappa shape index (κ2) is 10.2. The molecule has 8 heteroatoms. The Bertz CT molecular complexity index is 1250. The number of hydrogen-bond acceptors (Lipinski definition) is 6. The first-order chi connectivity index (χ1) is 15.9. The summed E-state index contributed by atoms with van der Waals surface area (Å²) in [4.78, 5) is 14.9. The SMILES string of the molecule is COc1ccc(-c2ccc(-c3cc(CNC(=O)c4ccc(Cl)s4)on3)cc2)c(CN(C)C)c1. The molecule has 0 atom stereocenters. The number of carbonyl (C=O) groups excluding carboxylic acids is 1. The molecule has 0 fully saturated rings. The first-order valence-corrected chi connectivity index (χ1v) is 11.5. The highest BCUT2D eigenvalue weighted by Crippen LogP contribution is 2.30. The van der Waals surface area contributed by atoms with Crippen LogP contribution in [0.15, 0.2) is 65.2 Å². The number of carbonyl (C=O) groups is 1. The minimum atomic E-state index is -0.192.